The number of nitrogens with one attached hydrogen (secondary N) is 1. The molecule has 3 aromatic rings. The molecule has 0 spiro atoms. The van der Waals surface area contributed by atoms with Crippen LogP contribution in [0.4, 0.5) is 5.69 Å². The van der Waals surface area contributed by atoms with Crippen LogP contribution in [0, 0.1) is 0 Å². The van der Waals surface area contributed by atoms with E-state index in [1.54, 1.807) is 0 Å². The Bertz CT molecular complexity index is 885. The average molecular weight is 391 g/mol. The first-order valence-corrected chi connectivity index (χ1v) is 9.86. The van der Waals surface area contributed by atoms with E-state index in [1.807, 2.05) is 97.2 Å². The van der Waals surface area contributed by atoms with E-state index < -0.39 is 0 Å². The third kappa shape index (κ3) is 6.09. The summed E-state index contributed by atoms with van der Waals surface area (Å²) in [4.78, 5) is 13.1. The fourth-order valence-corrected chi connectivity index (χ4v) is 3.04. The molecule has 0 bridgehead atoms. The van der Waals surface area contributed by atoms with Crippen molar-refractivity contribution in [3.63, 3.8) is 0 Å². The number of amides is 1. The number of quaternary nitrogens is 1. The minimum atomic E-state index is -0.384. The van der Waals surface area contributed by atoms with Gasteiger partial charge in [-0.25, -0.2) is 0 Å². The highest BCUT2D eigenvalue weighted by atomic mass is 16.5. The SMILES string of the molecule is CCOc1ccccc1NC(=O)[C@@H]([NH2+]CCOc1ccccc1)c1ccccc1. The average Bonchev–Trinajstić information content (AvgIpc) is 2.76. The molecule has 0 aliphatic rings. The molecule has 0 heterocycles. The number of hydrogen-bond acceptors (Lipinski definition) is 3. The topological polar surface area (TPSA) is 64.2 Å². The van der Waals surface area contributed by atoms with Crippen molar-refractivity contribution in [3.8, 4) is 11.5 Å². The first-order chi connectivity index (χ1) is 14.3. The third-order valence-corrected chi connectivity index (χ3v) is 4.42. The number of carbonyl (C=O) groups is 1. The van der Waals surface area contributed by atoms with Crippen molar-refractivity contribution in [2.24, 2.45) is 0 Å². The maximum absolute atomic E-state index is 13.1. The van der Waals surface area contributed by atoms with Crippen molar-refractivity contribution in [2.45, 2.75) is 13.0 Å². The number of rotatable bonds is 10. The zero-order chi connectivity index (χ0) is 20.3. The number of para-hydroxylation sites is 3. The molecule has 3 rings (SSSR count). The lowest BCUT2D eigenvalue weighted by atomic mass is 10.1. The normalized spacial score (nSPS) is 11.5. The molecule has 150 valence electrons. The second-order valence-electron chi connectivity index (χ2n) is 6.49. The Labute approximate surface area is 171 Å². The standard InChI is InChI=1S/C24H26N2O3/c1-2-28-22-16-10-9-15-21(22)26-24(27)23(19-11-5-3-6-12-19)25-17-18-29-20-13-7-4-8-14-20/h3-16,23,25H,2,17-18H2,1H3,(H,26,27)/p+1/t23-/m0/s1. The quantitative estimate of drug-likeness (QED) is 0.521. The molecule has 0 aromatic heterocycles. The zero-order valence-corrected chi connectivity index (χ0v) is 16.6. The molecule has 0 saturated carbocycles. The summed E-state index contributed by atoms with van der Waals surface area (Å²) in [6.45, 7) is 3.62. The number of ether oxygens (including phenoxy) is 2. The minimum absolute atomic E-state index is 0.0944. The molecule has 0 unspecified atom stereocenters. The van der Waals surface area contributed by atoms with Gasteiger partial charge in [0, 0.05) is 5.56 Å². The van der Waals surface area contributed by atoms with Gasteiger partial charge in [0.25, 0.3) is 5.91 Å². The molecule has 29 heavy (non-hydrogen) atoms. The van der Waals surface area contributed by atoms with Gasteiger partial charge in [0.2, 0.25) is 0 Å². The number of carbonyl (C=O) groups excluding carboxylic acids is 1. The summed E-state index contributed by atoms with van der Waals surface area (Å²) >= 11 is 0. The summed E-state index contributed by atoms with van der Waals surface area (Å²) < 4.78 is 11.4. The van der Waals surface area contributed by atoms with E-state index in [-0.39, 0.29) is 11.9 Å². The van der Waals surface area contributed by atoms with E-state index in [4.69, 9.17) is 9.47 Å². The van der Waals surface area contributed by atoms with Gasteiger partial charge in [-0.05, 0) is 31.2 Å². The van der Waals surface area contributed by atoms with Gasteiger partial charge in [-0.15, -0.1) is 0 Å². The van der Waals surface area contributed by atoms with Gasteiger partial charge in [0.15, 0.2) is 6.04 Å². The largest absolute Gasteiger partial charge is 0.492 e. The highest BCUT2D eigenvalue weighted by molar-refractivity contribution is 5.95. The second-order valence-corrected chi connectivity index (χ2v) is 6.49. The molecule has 1 amide bonds. The zero-order valence-electron chi connectivity index (χ0n) is 16.6. The highest BCUT2D eigenvalue weighted by Crippen LogP contribution is 2.24. The van der Waals surface area contributed by atoms with Crippen LogP contribution >= 0.6 is 0 Å². The van der Waals surface area contributed by atoms with Crippen LogP contribution in [0.3, 0.4) is 0 Å². The molecule has 0 fully saturated rings. The summed E-state index contributed by atoms with van der Waals surface area (Å²) in [6, 6.07) is 26.5. The van der Waals surface area contributed by atoms with E-state index in [1.165, 1.54) is 0 Å². The van der Waals surface area contributed by atoms with Crippen LogP contribution in [-0.2, 0) is 4.79 Å². The third-order valence-electron chi connectivity index (χ3n) is 4.42. The Hall–Kier alpha value is -3.31. The molecule has 5 nitrogen and oxygen atoms in total. The second kappa shape index (κ2) is 10.9. The van der Waals surface area contributed by atoms with E-state index >= 15 is 0 Å². The van der Waals surface area contributed by atoms with E-state index in [9.17, 15) is 4.79 Å². The predicted octanol–water partition coefficient (Wildman–Crippen LogP) is 3.41. The fraction of sp³-hybridized carbons (Fsp3) is 0.208. The summed E-state index contributed by atoms with van der Waals surface area (Å²) in [7, 11) is 0. The Morgan fingerprint density at radius 3 is 2.28 bits per heavy atom. The van der Waals surface area contributed by atoms with Crippen molar-refractivity contribution >= 4 is 11.6 Å². The fourth-order valence-electron chi connectivity index (χ4n) is 3.04. The van der Waals surface area contributed by atoms with Crippen molar-refractivity contribution < 1.29 is 19.6 Å². The van der Waals surface area contributed by atoms with E-state index in [0.717, 1.165) is 11.3 Å². The maximum atomic E-state index is 13.1. The Kier molecular flexibility index (Phi) is 7.66. The van der Waals surface area contributed by atoms with Crippen LogP contribution in [-0.4, -0.2) is 25.7 Å². The van der Waals surface area contributed by atoms with Gasteiger partial charge in [-0.1, -0.05) is 60.7 Å². The van der Waals surface area contributed by atoms with Crippen LogP contribution in [0.25, 0.3) is 0 Å². The molecule has 0 saturated heterocycles. The Morgan fingerprint density at radius 1 is 0.897 bits per heavy atom. The van der Waals surface area contributed by atoms with Gasteiger partial charge in [0.1, 0.15) is 24.7 Å². The Balaban J connectivity index is 1.66. The van der Waals surface area contributed by atoms with Crippen molar-refractivity contribution in [1.82, 2.24) is 0 Å². The maximum Gasteiger partial charge on any atom is 0.287 e. The van der Waals surface area contributed by atoms with Crippen molar-refractivity contribution in [3.05, 3.63) is 90.5 Å². The van der Waals surface area contributed by atoms with E-state index in [2.05, 4.69) is 5.32 Å². The number of anilines is 1. The summed E-state index contributed by atoms with van der Waals surface area (Å²) in [5, 5.41) is 5.01. The molecule has 3 aromatic carbocycles. The van der Waals surface area contributed by atoms with Crippen LogP contribution < -0.4 is 20.1 Å². The van der Waals surface area contributed by atoms with Gasteiger partial charge in [-0.2, -0.15) is 0 Å². The van der Waals surface area contributed by atoms with Gasteiger partial charge >= 0.3 is 0 Å². The molecular formula is C24H27N2O3+. The first-order valence-electron chi connectivity index (χ1n) is 9.86. The lowest BCUT2D eigenvalue weighted by Crippen LogP contribution is -2.88. The van der Waals surface area contributed by atoms with E-state index in [0.29, 0.717) is 31.2 Å². The highest BCUT2D eigenvalue weighted by Gasteiger charge is 2.24. The molecule has 0 radical (unpaired) electrons. The van der Waals surface area contributed by atoms with Gasteiger partial charge in [-0.3, -0.25) is 4.79 Å². The number of hydrogen-bond donors (Lipinski definition) is 2. The van der Waals surface area contributed by atoms with Crippen LogP contribution in [0.5, 0.6) is 11.5 Å². The van der Waals surface area contributed by atoms with Crippen molar-refractivity contribution in [1.29, 1.82) is 0 Å². The van der Waals surface area contributed by atoms with Crippen molar-refractivity contribution in [2.75, 3.05) is 25.1 Å². The predicted molar refractivity (Wildman–Crippen MR) is 114 cm³/mol. The molecular weight excluding hydrogens is 364 g/mol. The number of nitrogens with two attached hydrogens (primary N) is 1. The summed E-state index contributed by atoms with van der Waals surface area (Å²) in [5.41, 5.74) is 1.62. The molecule has 1 atom stereocenters. The molecule has 3 N–H and O–H groups in total. The van der Waals surface area contributed by atoms with Gasteiger partial charge in [0.05, 0.1) is 12.3 Å². The smallest absolute Gasteiger partial charge is 0.287 e. The Morgan fingerprint density at radius 2 is 1.55 bits per heavy atom. The summed E-state index contributed by atoms with van der Waals surface area (Å²) in [5.74, 6) is 1.40. The van der Waals surface area contributed by atoms with Crippen LogP contribution in [0.15, 0.2) is 84.9 Å². The lowest BCUT2D eigenvalue weighted by Gasteiger charge is -2.17. The monoisotopic (exact) mass is 391 g/mol. The van der Waals surface area contributed by atoms with Crippen LogP contribution in [0.1, 0.15) is 18.5 Å². The summed E-state index contributed by atoms with van der Waals surface area (Å²) in [6.07, 6.45) is 0. The number of benzene rings is 3. The van der Waals surface area contributed by atoms with Crippen LogP contribution in [0.2, 0.25) is 0 Å². The molecule has 0 aliphatic heterocycles. The molecule has 0 aliphatic carbocycles. The van der Waals surface area contributed by atoms with Gasteiger partial charge < -0.3 is 20.1 Å². The molecule has 5 heteroatoms. The lowest BCUT2D eigenvalue weighted by molar-refractivity contribution is -0.682. The minimum Gasteiger partial charge on any atom is -0.492 e. The first kappa shape index (κ1) is 20.4.